The molecule has 0 unspecified atom stereocenters. The van der Waals surface area contributed by atoms with Crippen LogP contribution in [0.5, 0.6) is 0 Å². The molecule has 2 aliphatic rings. The normalized spacial score (nSPS) is 20.7. The molecule has 26 heavy (non-hydrogen) atoms. The van der Waals surface area contributed by atoms with Gasteiger partial charge in [0.15, 0.2) is 11.6 Å². The van der Waals surface area contributed by atoms with Crippen molar-refractivity contribution in [1.82, 2.24) is 4.98 Å². The number of alkyl halides is 3. The van der Waals surface area contributed by atoms with Crippen LogP contribution in [0.15, 0.2) is 48.7 Å². The number of aromatic nitrogens is 1. The van der Waals surface area contributed by atoms with Crippen LogP contribution in [0.3, 0.4) is 0 Å². The van der Waals surface area contributed by atoms with Gasteiger partial charge in [0.1, 0.15) is 5.69 Å². The summed E-state index contributed by atoms with van der Waals surface area (Å²) in [6.07, 6.45) is -2.37. The highest BCUT2D eigenvalue weighted by molar-refractivity contribution is 6.03. The van der Waals surface area contributed by atoms with Crippen molar-refractivity contribution in [2.24, 2.45) is 0 Å². The molecule has 1 aromatic heterocycles. The Morgan fingerprint density at radius 3 is 2.19 bits per heavy atom. The lowest BCUT2D eigenvalue weighted by Crippen LogP contribution is -2.59. The number of benzene rings is 1. The molecule has 4 nitrogen and oxygen atoms in total. The van der Waals surface area contributed by atoms with Gasteiger partial charge in [-0.2, -0.15) is 13.2 Å². The number of carbonyl (C=O) groups is 1. The predicted octanol–water partition coefficient (Wildman–Crippen LogP) is 3.76. The molecular formula is C19H16F3NO3. The summed E-state index contributed by atoms with van der Waals surface area (Å²) in [5.74, 6) is -1.06. The Balaban J connectivity index is 1.71. The minimum Gasteiger partial charge on any atom is -0.347 e. The first-order valence-electron chi connectivity index (χ1n) is 8.26. The van der Waals surface area contributed by atoms with Gasteiger partial charge in [0.05, 0.1) is 24.2 Å². The second-order valence-corrected chi connectivity index (χ2v) is 6.66. The molecule has 2 aromatic rings. The molecule has 0 N–H and O–H groups in total. The van der Waals surface area contributed by atoms with Crippen molar-refractivity contribution >= 4 is 5.78 Å². The van der Waals surface area contributed by atoms with Crippen LogP contribution in [0.1, 0.15) is 34.5 Å². The van der Waals surface area contributed by atoms with Crippen molar-refractivity contribution in [2.75, 3.05) is 13.2 Å². The number of Topliss-reactive ketones (excluding diaryl/α,β-unsaturated/α-hetero) is 1. The van der Waals surface area contributed by atoms with Crippen LogP contribution in [-0.4, -0.2) is 29.8 Å². The number of ketones is 1. The lowest BCUT2D eigenvalue weighted by atomic mass is 9.57. The van der Waals surface area contributed by atoms with E-state index >= 15 is 0 Å². The van der Waals surface area contributed by atoms with Gasteiger partial charge in [0.2, 0.25) is 0 Å². The van der Waals surface area contributed by atoms with Crippen molar-refractivity contribution in [1.29, 1.82) is 0 Å². The second kappa shape index (κ2) is 5.89. The van der Waals surface area contributed by atoms with E-state index in [9.17, 15) is 18.0 Å². The van der Waals surface area contributed by atoms with Gasteiger partial charge in [0.25, 0.3) is 0 Å². The molecule has 1 spiro atoms. The van der Waals surface area contributed by atoms with Crippen molar-refractivity contribution in [3.63, 3.8) is 0 Å². The Labute approximate surface area is 148 Å². The average Bonchev–Trinajstić information content (AvgIpc) is 3.09. The minimum absolute atomic E-state index is 0.234. The standard InChI is InChI=1S/C19H16F3NO3/c20-19(21,22)14-6-4-13(5-7-14)17(11-18(12-17)25-9-10-26-18)16(24)15-3-1-2-8-23-15/h1-8H,9-12H2. The monoisotopic (exact) mass is 363 g/mol. The van der Waals surface area contributed by atoms with Crippen molar-refractivity contribution in [3.8, 4) is 0 Å². The largest absolute Gasteiger partial charge is 0.416 e. The Hall–Kier alpha value is -2.25. The fourth-order valence-corrected chi connectivity index (χ4v) is 3.79. The molecule has 2 heterocycles. The zero-order valence-electron chi connectivity index (χ0n) is 13.8. The van der Waals surface area contributed by atoms with Crippen LogP contribution in [0.25, 0.3) is 0 Å². The highest BCUT2D eigenvalue weighted by atomic mass is 19.4. The van der Waals surface area contributed by atoms with Gasteiger partial charge >= 0.3 is 6.18 Å². The fraction of sp³-hybridized carbons (Fsp3) is 0.368. The van der Waals surface area contributed by atoms with Gasteiger partial charge in [-0.15, -0.1) is 0 Å². The fourth-order valence-electron chi connectivity index (χ4n) is 3.79. The van der Waals surface area contributed by atoms with Crippen LogP contribution in [0.4, 0.5) is 13.2 Å². The van der Waals surface area contributed by atoms with E-state index < -0.39 is 22.9 Å². The maximum atomic E-state index is 13.2. The number of pyridine rings is 1. The van der Waals surface area contributed by atoms with E-state index in [2.05, 4.69) is 4.98 Å². The quantitative estimate of drug-likeness (QED) is 0.779. The lowest BCUT2D eigenvalue weighted by Gasteiger charge is -2.51. The number of carbonyl (C=O) groups excluding carboxylic acids is 1. The number of hydrogen-bond donors (Lipinski definition) is 0. The maximum absolute atomic E-state index is 13.2. The highest BCUT2D eigenvalue weighted by Crippen LogP contribution is 2.55. The first kappa shape index (κ1) is 17.2. The van der Waals surface area contributed by atoms with Gasteiger partial charge in [0, 0.05) is 19.0 Å². The first-order chi connectivity index (χ1) is 12.3. The molecule has 1 saturated heterocycles. The van der Waals surface area contributed by atoms with Crippen LogP contribution >= 0.6 is 0 Å². The smallest absolute Gasteiger partial charge is 0.347 e. The molecular weight excluding hydrogens is 347 g/mol. The minimum atomic E-state index is -4.42. The Morgan fingerprint density at radius 1 is 1.00 bits per heavy atom. The van der Waals surface area contributed by atoms with Gasteiger partial charge in [-0.25, -0.2) is 0 Å². The maximum Gasteiger partial charge on any atom is 0.416 e. The van der Waals surface area contributed by atoms with Gasteiger partial charge in [-0.1, -0.05) is 18.2 Å². The molecule has 0 radical (unpaired) electrons. The Bertz CT molecular complexity index is 804. The van der Waals surface area contributed by atoms with E-state index in [0.717, 1.165) is 12.1 Å². The molecule has 4 rings (SSSR count). The van der Waals surface area contributed by atoms with Crippen molar-refractivity contribution < 1.29 is 27.4 Å². The molecule has 1 aliphatic heterocycles. The van der Waals surface area contributed by atoms with Crippen LogP contribution in [-0.2, 0) is 21.1 Å². The average molecular weight is 363 g/mol. The van der Waals surface area contributed by atoms with Crippen molar-refractivity contribution in [2.45, 2.75) is 30.2 Å². The topological polar surface area (TPSA) is 48.4 Å². The molecule has 2 fully saturated rings. The number of rotatable bonds is 3. The van der Waals surface area contributed by atoms with Gasteiger partial charge in [-0.05, 0) is 29.8 Å². The second-order valence-electron chi connectivity index (χ2n) is 6.66. The first-order valence-corrected chi connectivity index (χ1v) is 8.26. The molecule has 7 heteroatoms. The zero-order valence-corrected chi connectivity index (χ0v) is 13.8. The van der Waals surface area contributed by atoms with Crippen LogP contribution in [0, 0.1) is 0 Å². The third-order valence-corrected chi connectivity index (χ3v) is 5.05. The zero-order chi connectivity index (χ0) is 18.4. The number of halogens is 3. The molecule has 1 aliphatic carbocycles. The van der Waals surface area contributed by atoms with E-state index in [1.54, 1.807) is 18.2 Å². The summed E-state index contributed by atoms with van der Waals surface area (Å²) in [4.78, 5) is 17.3. The van der Waals surface area contributed by atoms with E-state index in [1.807, 2.05) is 0 Å². The summed E-state index contributed by atoms with van der Waals surface area (Å²) in [5, 5.41) is 0. The summed E-state index contributed by atoms with van der Waals surface area (Å²) in [7, 11) is 0. The summed E-state index contributed by atoms with van der Waals surface area (Å²) in [6, 6.07) is 9.76. The van der Waals surface area contributed by atoms with Crippen LogP contribution in [0.2, 0.25) is 0 Å². The highest BCUT2D eigenvalue weighted by Gasteiger charge is 2.63. The van der Waals surface area contributed by atoms with E-state index in [4.69, 9.17) is 9.47 Å². The summed E-state index contributed by atoms with van der Waals surface area (Å²) < 4.78 is 49.9. The predicted molar refractivity (Wildman–Crippen MR) is 85.6 cm³/mol. The number of ether oxygens (including phenoxy) is 2. The van der Waals surface area contributed by atoms with Gasteiger partial charge < -0.3 is 9.47 Å². The lowest BCUT2D eigenvalue weighted by molar-refractivity contribution is -0.230. The molecule has 1 saturated carbocycles. The Morgan fingerprint density at radius 2 is 1.65 bits per heavy atom. The molecule has 0 amide bonds. The molecule has 0 atom stereocenters. The third kappa shape index (κ3) is 2.71. The van der Waals surface area contributed by atoms with E-state index in [0.29, 0.717) is 18.8 Å². The SMILES string of the molecule is O=C(c1ccccn1)C1(c2ccc(C(F)(F)F)cc2)CC2(C1)OCCO2. The molecule has 1 aromatic carbocycles. The van der Waals surface area contributed by atoms with E-state index in [-0.39, 0.29) is 24.3 Å². The summed E-state index contributed by atoms with van der Waals surface area (Å²) >= 11 is 0. The number of nitrogens with zero attached hydrogens (tertiary/aromatic N) is 1. The van der Waals surface area contributed by atoms with E-state index in [1.165, 1.54) is 18.3 Å². The summed E-state index contributed by atoms with van der Waals surface area (Å²) in [5.41, 5.74) is -0.946. The third-order valence-electron chi connectivity index (χ3n) is 5.05. The Kier molecular flexibility index (Phi) is 3.89. The van der Waals surface area contributed by atoms with Crippen LogP contribution < -0.4 is 0 Å². The van der Waals surface area contributed by atoms with Crippen molar-refractivity contribution in [3.05, 3.63) is 65.5 Å². The summed E-state index contributed by atoms with van der Waals surface area (Å²) in [6.45, 7) is 0.891. The molecule has 0 bridgehead atoms. The number of hydrogen-bond acceptors (Lipinski definition) is 4. The van der Waals surface area contributed by atoms with Gasteiger partial charge in [-0.3, -0.25) is 9.78 Å². The molecule has 136 valence electrons.